The molecule has 2 heterocycles. The minimum Gasteiger partial charge on any atom is -0.490 e. The summed E-state index contributed by atoms with van der Waals surface area (Å²) in [6, 6.07) is 18.7. The lowest BCUT2D eigenvalue weighted by Crippen LogP contribution is -2.22. The van der Waals surface area contributed by atoms with E-state index in [2.05, 4.69) is 10.3 Å². The third-order valence-electron chi connectivity index (χ3n) is 5.86. The van der Waals surface area contributed by atoms with Crippen LogP contribution in [0.2, 0.25) is 0 Å². The van der Waals surface area contributed by atoms with Crippen LogP contribution < -0.4 is 24.9 Å². The van der Waals surface area contributed by atoms with Crippen LogP contribution >= 0.6 is 11.3 Å². The second-order valence-electron chi connectivity index (χ2n) is 8.41. The van der Waals surface area contributed by atoms with Crippen molar-refractivity contribution in [3.05, 3.63) is 92.2 Å². The van der Waals surface area contributed by atoms with Gasteiger partial charge in [-0.25, -0.2) is 9.38 Å². The second kappa shape index (κ2) is 9.83. The predicted octanol–water partition coefficient (Wildman–Crippen LogP) is 4.49. The Balaban J connectivity index is 1.37. The molecule has 0 aliphatic carbocycles. The third kappa shape index (κ3) is 4.67. The van der Waals surface area contributed by atoms with E-state index in [1.165, 1.54) is 11.3 Å². The van der Waals surface area contributed by atoms with Crippen molar-refractivity contribution in [2.75, 3.05) is 18.5 Å². The molecule has 0 unspecified atom stereocenters. The molecule has 1 N–H and O–H groups in total. The summed E-state index contributed by atoms with van der Waals surface area (Å²) in [7, 11) is 0. The molecule has 8 heteroatoms. The summed E-state index contributed by atoms with van der Waals surface area (Å²) >= 11 is 1.34. The van der Waals surface area contributed by atoms with E-state index in [9.17, 15) is 9.59 Å². The number of hydrogen-bond donors (Lipinski definition) is 1. The third-order valence-corrected chi connectivity index (χ3v) is 6.83. The topological polar surface area (TPSA) is 81.9 Å². The number of rotatable bonds is 7. The molecule has 0 radical (unpaired) electrons. The molecule has 0 fully saturated rings. The molecule has 36 heavy (non-hydrogen) atoms. The van der Waals surface area contributed by atoms with Gasteiger partial charge >= 0.3 is 0 Å². The van der Waals surface area contributed by atoms with E-state index in [-0.39, 0.29) is 18.1 Å². The molecular weight excluding hydrogens is 474 g/mol. The highest BCUT2D eigenvalue weighted by Crippen LogP contribution is 2.29. The maximum absolute atomic E-state index is 13.1. The van der Waals surface area contributed by atoms with Gasteiger partial charge in [-0.15, -0.1) is 0 Å². The number of carbonyl (C=O) groups excluding carboxylic acids is 1. The van der Waals surface area contributed by atoms with E-state index in [0.717, 1.165) is 33.4 Å². The zero-order valence-electron chi connectivity index (χ0n) is 20.2. The number of nitrogens with zero attached hydrogens (tertiary/aromatic N) is 2. The number of hydrogen-bond acceptors (Lipinski definition) is 6. The van der Waals surface area contributed by atoms with Gasteiger partial charge in [0.1, 0.15) is 0 Å². The van der Waals surface area contributed by atoms with Crippen LogP contribution in [0.4, 0.5) is 5.69 Å². The normalized spacial score (nSPS) is 11.8. The Kier molecular flexibility index (Phi) is 6.43. The van der Waals surface area contributed by atoms with Crippen LogP contribution in [0.25, 0.3) is 22.1 Å². The Bertz CT molecular complexity index is 1700. The standard InChI is InChI=1S/C28H25N3O4S/c1-4-34-24-14-19(15-25-27(33)31-22-8-6-5-7-21(22)30-28(31)36-25)10-12-23(24)35-16-26(32)29-20-11-9-17(2)18(3)13-20/h5-15H,4,16H2,1-3H3,(H,29,32)/b25-15-. The predicted molar refractivity (Wildman–Crippen MR) is 143 cm³/mol. The lowest BCUT2D eigenvalue weighted by Gasteiger charge is -2.13. The summed E-state index contributed by atoms with van der Waals surface area (Å²) in [6.45, 7) is 6.18. The van der Waals surface area contributed by atoms with Crippen LogP contribution in [0.15, 0.2) is 65.5 Å². The summed E-state index contributed by atoms with van der Waals surface area (Å²) < 4.78 is 13.7. The molecule has 182 valence electrons. The van der Waals surface area contributed by atoms with Gasteiger partial charge in [-0.05, 0) is 79.9 Å². The monoisotopic (exact) mass is 499 g/mol. The summed E-state index contributed by atoms with van der Waals surface area (Å²) in [6.07, 6.45) is 1.81. The summed E-state index contributed by atoms with van der Waals surface area (Å²) in [4.78, 5) is 30.7. The average Bonchev–Trinajstić information content (AvgIpc) is 3.37. The van der Waals surface area contributed by atoms with Crippen molar-refractivity contribution in [3.8, 4) is 11.5 Å². The van der Waals surface area contributed by atoms with Gasteiger partial charge in [0.05, 0.1) is 22.2 Å². The first kappa shape index (κ1) is 23.6. The summed E-state index contributed by atoms with van der Waals surface area (Å²) in [5.41, 5.74) is 5.27. The van der Waals surface area contributed by atoms with Gasteiger partial charge in [0.15, 0.2) is 23.1 Å². The highest BCUT2D eigenvalue weighted by molar-refractivity contribution is 7.15. The molecule has 0 aliphatic rings. The van der Waals surface area contributed by atoms with Crippen LogP contribution in [0, 0.1) is 13.8 Å². The fraction of sp³-hybridized carbons (Fsp3) is 0.179. The fourth-order valence-corrected chi connectivity index (χ4v) is 4.91. The smallest absolute Gasteiger partial charge is 0.274 e. The van der Waals surface area contributed by atoms with E-state index in [4.69, 9.17) is 9.47 Å². The number of anilines is 1. The molecule has 5 rings (SSSR count). The van der Waals surface area contributed by atoms with E-state index < -0.39 is 0 Å². The lowest BCUT2D eigenvalue weighted by atomic mass is 10.1. The number of amides is 1. The van der Waals surface area contributed by atoms with Crippen LogP contribution in [0.5, 0.6) is 11.5 Å². The van der Waals surface area contributed by atoms with E-state index in [0.29, 0.717) is 27.6 Å². The molecule has 5 aromatic rings. The average molecular weight is 500 g/mol. The van der Waals surface area contributed by atoms with Crippen molar-refractivity contribution in [3.63, 3.8) is 0 Å². The molecule has 2 aromatic heterocycles. The number of aryl methyl sites for hydroxylation is 2. The fourth-order valence-electron chi connectivity index (χ4n) is 3.92. The number of para-hydroxylation sites is 2. The number of carbonyl (C=O) groups is 1. The van der Waals surface area contributed by atoms with Crippen molar-refractivity contribution in [1.29, 1.82) is 0 Å². The molecule has 0 saturated carbocycles. The molecule has 0 spiro atoms. The van der Waals surface area contributed by atoms with Crippen LogP contribution in [-0.4, -0.2) is 28.5 Å². The maximum atomic E-state index is 13.1. The van der Waals surface area contributed by atoms with Crippen LogP contribution in [-0.2, 0) is 4.79 Å². The van der Waals surface area contributed by atoms with E-state index in [1.54, 1.807) is 16.5 Å². The molecule has 3 aromatic carbocycles. The van der Waals surface area contributed by atoms with Crippen LogP contribution in [0.1, 0.15) is 23.6 Å². The Morgan fingerprint density at radius 1 is 1.03 bits per heavy atom. The minimum absolute atomic E-state index is 0.106. The number of fused-ring (bicyclic) bond motifs is 3. The molecule has 0 bridgehead atoms. The molecule has 0 aliphatic heterocycles. The van der Waals surface area contributed by atoms with Gasteiger partial charge in [-0.2, -0.15) is 0 Å². The van der Waals surface area contributed by atoms with Gasteiger partial charge in [-0.3, -0.25) is 9.59 Å². The zero-order chi connectivity index (χ0) is 25.2. The highest BCUT2D eigenvalue weighted by Gasteiger charge is 2.12. The van der Waals surface area contributed by atoms with Crippen molar-refractivity contribution in [2.24, 2.45) is 0 Å². The molecule has 1 amide bonds. The quantitative estimate of drug-likeness (QED) is 0.357. The van der Waals surface area contributed by atoms with Gasteiger partial charge in [0.2, 0.25) is 0 Å². The van der Waals surface area contributed by atoms with Crippen molar-refractivity contribution < 1.29 is 14.3 Å². The molecule has 0 atom stereocenters. The Hall–Kier alpha value is -4.17. The van der Waals surface area contributed by atoms with Crippen molar-refractivity contribution >= 4 is 45.0 Å². The number of thiazole rings is 1. The second-order valence-corrected chi connectivity index (χ2v) is 9.42. The Labute approximate surface area is 211 Å². The number of benzene rings is 3. The number of imidazole rings is 1. The maximum Gasteiger partial charge on any atom is 0.274 e. The first-order valence-electron chi connectivity index (χ1n) is 11.6. The van der Waals surface area contributed by atoms with Gasteiger partial charge in [0, 0.05) is 5.69 Å². The van der Waals surface area contributed by atoms with Gasteiger partial charge in [-0.1, -0.05) is 35.6 Å². The highest BCUT2D eigenvalue weighted by atomic mass is 32.1. The lowest BCUT2D eigenvalue weighted by molar-refractivity contribution is -0.118. The van der Waals surface area contributed by atoms with Gasteiger partial charge < -0.3 is 14.8 Å². The first-order chi connectivity index (χ1) is 17.4. The summed E-state index contributed by atoms with van der Waals surface area (Å²) in [5.74, 6) is 0.699. The van der Waals surface area contributed by atoms with E-state index >= 15 is 0 Å². The molecular formula is C28H25N3O4S. The SMILES string of the molecule is CCOc1cc(/C=c2\sc3nc4ccccc4n3c2=O)ccc1OCC(=O)Nc1ccc(C)c(C)c1. The number of ether oxygens (including phenoxy) is 2. The summed E-state index contributed by atoms with van der Waals surface area (Å²) in [5, 5.41) is 2.85. The van der Waals surface area contributed by atoms with E-state index in [1.807, 2.05) is 75.4 Å². The largest absolute Gasteiger partial charge is 0.490 e. The first-order valence-corrected chi connectivity index (χ1v) is 12.4. The number of nitrogens with one attached hydrogen (secondary N) is 1. The van der Waals surface area contributed by atoms with Crippen LogP contribution in [0.3, 0.4) is 0 Å². The Morgan fingerprint density at radius 2 is 1.86 bits per heavy atom. The van der Waals surface area contributed by atoms with Gasteiger partial charge in [0.25, 0.3) is 11.5 Å². The minimum atomic E-state index is -0.263. The number of aromatic nitrogens is 2. The van der Waals surface area contributed by atoms with Crippen molar-refractivity contribution in [1.82, 2.24) is 9.38 Å². The Morgan fingerprint density at radius 3 is 2.67 bits per heavy atom. The zero-order valence-corrected chi connectivity index (χ0v) is 21.0. The van der Waals surface area contributed by atoms with Crippen molar-refractivity contribution in [2.45, 2.75) is 20.8 Å². The molecule has 0 saturated heterocycles. The molecule has 7 nitrogen and oxygen atoms in total.